The molecule has 1 saturated heterocycles. The number of amides is 2. The Hall–Kier alpha value is -2.51. The molecular formula is C22H26N2O4S. The summed E-state index contributed by atoms with van der Waals surface area (Å²) in [5.74, 6) is 0.808. The fourth-order valence-corrected chi connectivity index (χ4v) is 4.23. The van der Waals surface area contributed by atoms with Crippen molar-refractivity contribution in [2.24, 2.45) is 0 Å². The Bertz CT molecular complexity index is 866. The Balaban J connectivity index is 1.56. The van der Waals surface area contributed by atoms with Crippen LogP contribution in [0.3, 0.4) is 0 Å². The third-order valence-electron chi connectivity index (χ3n) is 4.62. The third-order valence-corrected chi connectivity index (χ3v) is 5.82. The fraction of sp³-hybridized carbons (Fsp3) is 0.364. The minimum Gasteiger partial charge on any atom is -0.495 e. The Morgan fingerprint density at radius 3 is 2.83 bits per heavy atom. The second-order valence-electron chi connectivity index (χ2n) is 6.88. The molecule has 1 aliphatic rings. The maximum Gasteiger partial charge on any atom is 0.252 e. The molecule has 3 rings (SSSR count). The molecule has 2 aromatic carbocycles. The standard InChI is InChI=1S/C22H26N2O4S/c1-15-9-10-19(27-2)18(12-15)24-21(25)13-23-22(26)17-7-3-4-8-20(17)29-14-16-6-5-11-28-16/h3-4,7-10,12,16H,5-6,11,13-14H2,1-2H3,(H,23,26)(H,24,25). The number of carbonyl (C=O) groups is 2. The fourth-order valence-electron chi connectivity index (χ4n) is 3.11. The van der Waals surface area contributed by atoms with Crippen LogP contribution in [0.2, 0.25) is 0 Å². The van der Waals surface area contributed by atoms with Gasteiger partial charge in [-0.2, -0.15) is 0 Å². The van der Waals surface area contributed by atoms with Gasteiger partial charge in [-0.1, -0.05) is 18.2 Å². The van der Waals surface area contributed by atoms with Gasteiger partial charge in [-0.05, 0) is 49.6 Å². The lowest BCUT2D eigenvalue weighted by Gasteiger charge is -2.13. The maximum absolute atomic E-state index is 12.6. The van der Waals surface area contributed by atoms with Gasteiger partial charge in [-0.15, -0.1) is 11.8 Å². The minimum absolute atomic E-state index is 0.124. The number of aryl methyl sites for hydroxylation is 1. The molecule has 1 unspecified atom stereocenters. The first kappa shape index (κ1) is 21.2. The van der Waals surface area contributed by atoms with E-state index in [1.165, 1.54) is 0 Å². The predicted molar refractivity (Wildman–Crippen MR) is 115 cm³/mol. The van der Waals surface area contributed by atoms with E-state index in [2.05, 4.69) is 10.6 Å². The molecule has 0 radical (unpaired) electrons. The number of methoxy groups -OCH3 is 1. The van der Waals surface area contributed by atoms with E-state index < -0.39 is 0 Å². The summed E-state index contributed by atoms with van der Waals surface area (Å²) in [5, 5.41) is 5.49. The molecule has 2 amide bonds. The summed E-state index contributed by atoms with van der Waals surface area (Å²) >= 11 is 1.61. The van der Waals surface area contributed by atoms with Crippen molar-refractivity contribution < 1.29 is 19.1 Å². The molecule has 0 spiro atoms. The van der Waals surface area contributed by atoms with Crippen molar-refractivity contribution in [2.75, 3.05) is 31.3 Å². The van der Waals surface area contributed by atoms with Gasteiger partial charge >= 0.3 is 0 Å². The molecule has 0 saturated carbocycles. The highest BCUT2D eigenvalue weighted by Gasteiger charge is 2.18. The summed E-state index contributed by atoms with van der Waals surface area (Å²) in [6.45, 7) is 2.62. The molecule has 0 aromatic heterocycles. The number of benzene rings is 2. The van der Waals surface area contributed by atoms with Crippen LogP contribution >= 0.6 is 11.8 Å². The lowest BCUT2D eigenvalue weighted by atomic mass is 10.2. The number of hydrogen-bond acceptors (Lipinski definition) is 5. The third kappa shape index (κ3) is 5.98. The summed E-state index contributed by atoms with van der Waals surface area (Å²) in [7, 11) is 1.55. The zero-order valence-corrected chi connectivity index (χ0v) is 17.5. The molecule has 2 aromatic rings. The van der Waals surface area contributed by atoms with Crippen LogP contribution in [0.5, 0.6) is 5.75 Å². The number of carbonyl (C=O) groups excluding carboxylic acids is 2. The van der Waals surface area contributed by atoms with Gasteiger partial charge in [0.2, 0.25) is 5.91 Å². The Morgan fingerprint density at radius 1 is 1.24 bits per heavy atom. The van der Waals surface area contributed by atoms with Crippen LogP contribution < -0.4 is 15.4 Å². The van der Waals surface area contributed by atoms with Crippen molar-refractivity contribution in [2.45, 2.75) is 30.8 Å². The van der Waals surface area contributed by atoms with Gasteiger partial charge in [0, 0.05) is 17.3 Å². The highest BCUT2D eigenvalue weighted by molar-refractivity contribution is 7.99. The molecule has 29 heavy (non-hydrogen) atoms. The maximum atomic E-state index is 12.6. The summed E-state index contributed by atoms with van der Waals surface area (Å²) in [5.41, 5.74) is 2.15. The molecule has 1 atom stereocenters. The van der Waals surface area contributed by atoms with E-state index >= 15 is 0 Å². The van der Waals surface area contributed by atoms with E-state index in [-0.39, 0.29) is 24.5 Å². The first-order valence-corrected chi connectivity index (χ1v) is 10.6. The van der Waals surface area contributed by atoms with Crippen LogP contribution in [-0.2, 0) is 9.53 Å². The van der Waals surface area contributed by atoms with Gasteiger partial charge in [-0.25, -0.2) is 0 Å². The monoisotopic (exact) mass is 414 g/mol. The van der Waals surface area contributed by atoms with Gasteiger partial charge in [0.25, 0.3) is 5.91 Å². The highest BCUT2D eigenvalue weighted by atomic mass is 32.2. The predicted octanol–water partition coefficient (Wildman–Crippen LogP) is 3.64. The molecule has 0 aliphatic carbocycles. The molecule has 2 N–H and O–H groups in total. The average Bonchev–Trinajstić information content (AvgIpc) is 3.24. The normalized spacial score (nSPS) is 15.7. The van der Waals surface area contributed by atoms with Crippen LogP contribution in [0.4, 0.5) is 5.69 Å². The van der Waals surface area contributed by atoms with Crippen molar-refractivity contribution in [3.8, 4) is 5.75 Å². The van der Waals surface area contributed by atoms with E-state index in [0.29, 0.717) is 17.0 Å². The van der Waals surface area contributed by atoms with E-state index in [1.54, 1.807) is 31.0 Å². The summed E-state index contributed by atoms with van der Waals surface area (Å²) in [4.78, 5) is 25.8. The van der Waals surface area contributed by atoms with Gasteiger partial charge in [0.05, 0.1) is 31.0 Å². The zero-order chi connectivity index (χ0) is 20.6. The summed E-state index contributed by atoms with van der Waals surface area (Å²) in [6, 6.07) is 13.0. The van der Waals surface area contributed by atoms with Crippen LogP contribution in [0.25, 0.3) is 0 Å². The molecule has 7 heteroatoms. The van der Waals surface area contributed by atoms with Crippen molar-refractivity contribution in [3.05, 3.63) is 53.6 Å². The van der Waals surface area contributed by atoms with Gasteiger partial charge in [-0.3, -0.25) is 9.59 Å². The Morgan fingerprint density at radius 2 is 2.07 bits per heavy atom. The molecular weight excluding hydrogens is 388 g/mol. The largest absolute Gasteiger partial charge is 0.495 e. The van der Waals surface area contributed by atoms with Gasteiger partial charge in [0.1, 0.15) is 5.75 Å². The first-order valence-electron chi connectivity index (χ1n) is 9.63. The number of ether oxygens (including phenoxy) is 2. The number of anilines is 1. The molecule has 6 nitrogen and oxygen atoms in total. The summed E-state index contributed by atoms with van der Waals surface area (Å²) in [6.07, 6.45) is 2.39. The Kier molecular flexibility index (Phi) is 7.55. The second kappa shape index (κ2) is 10.3. The number of thioether (sulfide) groups is 1. The van der Waals surface area contributed by atoms with E-state index in [4.69, 9.17) is 9.47 Å². The number of hydrogen-bond donors (Lipinski definition) is 2. The molecule has 1 aliphatic heterocycles. The summed E-state index contributed by atoms with van der Waals surface area (Å²) < 4.78 is 10.9. The van der Waals surface area contributed by atoms with E-state index in [1.807, 2.05) is 37.3 Å². The lowest BCUT2D eigenvalue weighted by molar-refractivity contribution is -0.115. The van der Waals surface area contributed by atoms with E-state index in [9.17, 15) is 9.59 Å². The van der Waals surface area contributed by atoms with Crippen LogP contribution in [-0.4, -0.2) is 43.9 Å². The highest BCUT2D eigenvalue weighted by Crippen LogP contribution is 2.27. The van der Waals surface area contributed by atoms with Crippen LogP contribution in [0, 0.1) is 6.92 Å². The zero-order valence-electron chi connectivity index (χ0n) is 16.7. The molecule has 154 valence electrons. The van der Waals surface area contributed by atoms with E-state index in [0.717, 1.165) is 35.7 Å². The quantitative estimate of drug-likeness (QED) is 0.645. The topological polar surface area (TPSA) is 76.7 Å². The van der Waals surface area contributed by atoms with Crippen molar-refractivity contribution >= 4 is 29.3 Å². The smallest absolute Gasteiger partial charge is 0.252 e. The number of rotatable bonds is 8. The van der Waals surface area contributed by atoms with Gasteiger partial charge in [0.15, 0.2) is 0 Å². The first-order chi connectivity index (χ1) is 14.1. The molecule has 0 bridgehead atoms. The van der Waals surface area contributed by atoms with Crippen molar-refractivity contribution in [3.63, 3.8) is 0 Å². The van der Waals surface area contributed by atoms with Crippen molar-refractivity contribution in [1.29, 1.82) is 0 Å². The van der Waals surface area contributed by atoms with Gasteiger partial charge < -0.3 is 20.1 Å². The second-order valence-corrected chi connectivity index (χ2v) is 7.94. The minimum atomic E-state index is -0.313. The molecule has 1 heterocycles. The average molecular weight is 415 g/mol. The lowest BCUT2D eigenvalue weighted by Crippen LogP contribution is -2.33. The SMILES string of the molecule is COc1ccc(C)cc1NC(=O)CNC(=O)c1ccccc1SCC1CCCO1. The Labute approximate surface area is 175 Å². The van der Waals surface area contributed by atoms with Crippen LogP contribution in [0.1, 0.15) is 28.8 Å². The van der Waals surface area contributed by atoms with Crippen molar-refractivity contribution in [1.82, 2.24) is 5.32 Å². The molecule has 1 fully saturated rings. The van der Waals surface area contributed by atoms with Crippen LogP contribution in [0.15, 0.2) is 47.4 Å². The number of nitrogens with one attached hydrogen (secondary N) is 2.